The second kappa shape index (κ2) is 3.58. The van der Waals surface area contributed by atoms with Crippen LogP contribution in [0, 0.1) is 0 Å². The molecule has 0 bridgehead atoms. The third-order valence-corrected chi connectivity index (χ3v) is 3.47. The first kappa shape index (κ1) is 10.3. The summed E-state index contributed by atoms with van der Waals surface area (Å²) in [5, 5.41) is 0. The monoisotopic (exact) mass is 231 g/mol. The number of hydrogen-bond donors (Lipinski definition) is 0. The van der Waals surface area contributed by atoms with E-state index in [9.17, 15) is 9.59 Å². The number of carbonyl (C=O) groups excluding carboxylic acids is 2. The van der Waals surface area contributed by atoms with E-state index in [1.165, 1.54) is 7.11 Å². The fraction of sp³-hybridized carbons (Fsp3) is 0.385. The van der Waals surface area contributed by atoms with Crippen molar-refractivity contribution >= 4 is 17.6 Å². The van der Waals surface area contributed by atoms with E-state index in [1.54, 1.807) is 0 Å². The minimum atomic E-state index is -0.306. The Hall–Kier alpha value is -1.84. The van der Waals surface area contributed by atoms with Gasteiger partial charge in [0.25, 0.3) is 0 Å². The first-order chi connectivity index (χ1) is 8.20. The lowest BCUT2D eigenvalue weighted by atomic mass is 9.97. The minimum Gasteiger partial charge on any atom is -0.465 e. The molecule has 0 aromatic heterocycles. The molecule has 0 N–H and O–H groups in total. The van der Waals surface area contributed by atoms with Gasteiger partial charge in [-0.3, -0.25) is 4.79 Å². The average Bonchev–Trinajstić information content (AvgIpc) is 2.78. The number of carbonyl (C=O) groups is 2. The zero-order valence-electron chi connectivity index (χ0n) is 9.66. The van der Waals surface area contributed by atoms with E-state index >= 15 is 0 Å². The van der Waals surface area contributed by atoms with Gasteiger partial charge in [-0.1, -0.05) is 0 Å². The van der Waals surface area contributed by atoms with Crippen LogP contribution in [-0.4, -0.2) is 25.5 Å². The molecule has 1 aromatic carbocycles. The second-order valence-electron chi connectivity index (χ2n) is 4.43. The number of anilines is 1. The lowest BCUT2D eigenvalue weighted by Crippen LogP contribution is -2.32. The molecule has 4 nitrogen and oxygen atoms in total. The molecule has 2 aliphatic rings. The number of rotatable bonds is 1. The Balaban J connectivity index is 2.13. The molecule has 0 spiro atoms. The van der Waals surface area contributed by atoms with Gasteiger partial charge >= 0.3 is 5.97 Å². The first-order valence-electron chi connectivity index (χ1n) is 5.75. The van der Waals surface area contributed by atoms with Gasteiger partial charge in [-0.15, -0.1) is 0 Å². The fourth-order valence-corrected chi connectivity index (χ4v) is 2.69. The second-order valence-corrected chi connectivity index (χ2v) is 4.43. The Morgan fingerprint density at radius 1 is 1.24 bits per heavy atom. The maximum absolute atomic E-state index is 11.7. The molecule has 88 valence electrons. The largest absolute Gasteiger partial charge is 0.465 e. The number of hydrogen-bond acceptors (Lipinski definition) is 3. The molecule has 3 rings (SSSR count). The van der Waals surface area contributed by atoms with Crippen molar-refractivity contribution in [3.63, 3.8) is 0 Å². The smallest absolute Gasteiger partial charge is 0.337 e. The third-order valence-electron chi connectivity index (χ3n) is 3.47. The normalized spacial score (nSPS) is 17.0. The summed E-state index contributed by atoms with van der Waals surface area (Å²) in [6, 6.07) is 3.71. The molecular formula is C13H13NO3. The highest BCUT2D eigenvalue weighted by molar-refractivity contribution is 6.00. The van der Waals surface area contributed by atoms with Crippen LogP contribution in [0.3, 0.4) is 0 Å². The Labute approximate surface area is 99.2 Å². The molecule has 1 amide bonds. The van der Waals surface area contributed by atoms with Crippen LogP contribution < -0.4 is 4.90 Å². The van der Waals surface area contributed by atoms with Gasteiger partial charge in [0.2, 0.25) is 5.91 Å². The van der Waals surface area contributed by atoms with E-state index < -0.39 is 0 Å². The van der Waals surface area contributed by atoms with E-state index in [1.807, 2.05) is 17.0 Å². The molecule has 1 aromatic rings. The van der Waals surface area contributed by atoms with Crippen LogP contribution in [0.25, 0.3) is 0 Å². The van der Waals surface area contributed by atoms with Gasteiger partial charge in [0, 0.05) is 13.0 Å². The van der Waals surface area contributed by atoms with Crippen molar-refractivity contribution in [2.75, 3.05) is 18.6 Å². The van der Waals surface area contributed by atoms with Gasteiger partial charge < -0.3 is 9.64 Å². The van der Waals surface area contributed by atoms with Crippen molar-refractivity contribution in [3.8, 4) is 0 Å². The lowest BCUT2D eigenvalue weighted by Gasteiger charge is -2.25. The molecule has 4 heteroatoms. The fourth-order valence-electron chi connectivity index (χ4n) is 2.69. The molecule has 0 saturated heterocycles. The van der Waals surface area contributed by atoms with E-state index in [0.29, 0.717) is 12.0 Å². The first-order valence-corrected chi connectivity index (χ1v) is 5.75. The summed E-state index contributed by atoms with van der Waals surface area (Å²) in [5.41, 5.74) is 3.82. The van der Waals surface area contributed by atoms with Crippen molar-refractivity contribution in [2.24, 2.45) is 0 Å². The van der Waals surface area contributed by atoms with Crippen molar-refractivity contribution < 1.29 is 14.3 Å². The van der Waals surface area contributed by atoms with E-state index in [0.717, 1.165) is 36.2 Å². The zero-order chi connectivity index (χ0) is 12.0. The van der Waals surface area contributed by atoms with Gasteiger partial charge in [0.1, 0.15) is 0 Å². The van der Waals surface area contributed by atoms with Gasteiger partial charge in [-0.2, -0.15) is 0 Å². The highest BCUT2D eigenvalue weighted by Gasteiger charge is 2.31. The van der Waals surface area contributed by atoms with Crippen LogP contribution >= 0.6 is 0 Å². The minimum absolute atomic E-state index is 0.196. The summed E-state index contributed by atoms with van der Waals surface area (Å²) < 4.78 is 4.74. The summed E-state index contributed by atoms with van der Waals surface area (Å²) in [4.78, 5) is 25.1. The Kier molecular flexibility index (Phi) is 2.18. The number of methoxy groups -OCH3 is 1. The molecule has 0 fully saturated rings. The van der Waals surface area contributed by atoms with Gasteiger partial charge in [0.15, 0.2) is 0 Å². The molecule has 2 aliphatic heterocycles. The van der Waals surface area contributed by atoms with E-state index in [2.05, 4.69) is 0 Å². The molecule has 0 saturated carbocycles. The molecular weight excluding hydrogens is 218 g/mol. The van der Waals surface area contributed by atoms with Crippen molar-refractivity contribution in [1.82, 2.24) is 0 Å². The molecule has 17 heavy (non-hydrogen) atoms. The average molecular weight is 231 g/mol. The standard InChI is InChI=1S/C13H13NO3/c1-17-13(16)10-6-8-2-3-11(15)14-5-4-9(7-10)12(8)14/h6-7H,2-5H2,1H3. The van der Waals surface area contributed by atoms with Crippen molar-refractivity contribution in [2.45, 2.75) is 19.3 Å². The molecule has 0 radical (unpaired) electrons. The Morgan fingerprint density at radius 3 is 2.65 bits per heavy atom. The van der Waals surface area contributed by atoms with Crippen LogP contribution in [-0.2, 0) is 22.4 Å². The summed E-state index contributed by atoms with van der Waals surface area (Å²) in [5.74, 6) is -0.110. The van der Waals surface area contributed by atoms with Gasteiger partial charge in [-0.05, 0) is 36.1 Å². The number of ether oxygens (including phenoxy) is 1. The summed E-state index contributed by atoms with van der Waals surface area (Å²) >= 11 is 0. The highest BCUT2D eigenvalue weighted by Crippen LogP contribution is 2.37. The Morgan fingerprint density at radius 2 is 1.94 bits per heavy atom. The summed E-state index contributed by atoms with van der Waals surface area (Å²) in [7, 11) is 1.39. The van der Waals surface area contributed by atoms with Crippen molar-refractivity contribution in [3.05, 3.63) is 28.8 Å². The predicted octanol–water partition coefficient (Wildman–Crippen LogP) is 1.31. The number of benzene rings is 1. The number of aryl methyl sites for hydroxylation is 1. The van der Waals surface area contributed by atoms with Crippen LogP contribution in [0.15, 0.2) is 12.1 Å². The predicted molar refractivity (Wildman–Crippen MR) is 62.2 cm³/mol. The van der Waals surface area contributed by atoms with Crippen LogP contribution in [0.5, 0.6) is 0 Å². The number of nitrogens with zero attached hydrogens (tertiary/aromatic N) is 1. The Bertz CT molecular complexity index is 522. The van der Waals surface area contributed by atoms with Crippen LogP contribution in [0.4, 0.5) is 5.69 Å². The molecule has 0 atom stereocenters. The third kappa shape index (κ3) is 1.44. The summed E-state index contributed by atoms with van der Waals surface area (Å²) in [6.45, 7) is 0.742. The maximum Gasteiger partial charge on any atom is 0.337 e. The van der Waals surface area contributed by atoms with E-state index in [4.69, 9.17) is 4.74 Å². The highest BCUT2D eigenvalue weighted by atomic mass is 16.5. The molecule has 0 unspecified atom stereocenters. The van der Waals surface area contributed by atoms with Gasteiger partial charge in [0.05, 0.1) is 18.4 Å². The lowest BCUT2D eigenvalue weighted by molar-refractivity contribution is -0.118. The van der Waals surface area contributed by atoms with Crippen molar-refractivity contribution in [1.29, 1.82) is 0 Å². The maximum atomic E-state index is 11.7. The summed E-state index contributed by atoms with van der Waals surface area (Å²) in [6.07, 6.45) is 2.10. The van der Waals surface area contributed by atoms with Crippen LogP contribution in [0.2, 0.25) is 0 Å². The number of amides is 1. The zero-order valence-corrected chi connectivity index (χ0v) is 9.66. The van der Waals surface area contributed by atoms with E-state index in [-0.39, 0.29) is 11.9 Å². The molecule has 0 aliphatic carbocycles. The molecule has 2 heterocycles. The SMILES string of the molecule is COC(=O)c1cc2c3c(c1)CCN3C(=O)CC2. The number of esters is 1. The quantitative estimate of drug-likeness (QED) is 0.684. The topological polar surface area (TPSA) is 46.6 Å². The van der Waals surface area contributed by atoms with Crippen LogP contribution in [0.1, 0.15) is 27.9 Å². The van der Waals surface area contributed by atoms with Gasteiger partial charge in [-0.25, -0.2) is 4.79 Å².